The number of ether oxygens (including phenoxy) is 1. The van der Waals surface area contributed by atoms with E-state index in [0.717, 1.165) is 11.0 Å². The van der Waals surface area contributed by atoms with Crippen molar-refractivity contribution < 1.29 is 27.5 Å². The quantitative estimate of drug-likeness (QED) is 0.647. The second-order valence-electron chi connectivity index (χ2n) is 4.74. The normalized spacial score (nSPS) is 10.1. The fraction of sp³-hybridized carbons (Fsp3) is 0.417. The second kappa shape index (κ2) is 8.39. The number of benzene rings is 1. The Labute approximate surface area is 115 Å². The van der Waals surface area contributed by atoms with Crippen LogP contribution in [0.15, 0.2) is 24.3 Å². The fourth-order valence-electron chi connectivity index (χ4n) is 1.14. The van der Waals surface area contributed by atoms with Crippen molar-refractivity contribution in [2.75, 3.05) is 34.3 Å². The summed E-state index contributed by atoms with van der Waals surface area (Å²) >= 11 is -0.750. The van der Waals surface area contributed by atoms with Gasteiger partial charge < -0.3 is 14.3 Å². The van der Waals surface area contributed by atoms with Gasteiger partial charge in [0, 0.05) is 0 Å². The number of hydrogen-bond acceptors (Lipinski definition) is 5. The first kappa shape index (κ1) is 17.3. The number of phenols is 1. The standard InChI is InChI=1S/C12H17NO3.O2S/c1-13(2,3)8-9-16-12(15)10-6-4-5-7-11(10)14;1-3-2/h4-7H,8-9H2,1-3H3;/p+1. The number of aromatic hydroxyl groups is 1. The van der Waals surface area contributed by atoms with Crippen LogP contribution in [0.3, 0.4) is 0 Å². The Bertz CT molecular complexity index is 450. The van der Waals surface area contributed by atoms with Gasteiger partial charge in [0.25, 0.3) is 0 Å². The highest BCUT2D eigenvalue weighted by Gasteiger charge is 2.13. The smallest absolute Gasteiger partial charge is 0.342 e. The number of rotatable bonds is 4. The maximum Gasteiger partial charge on any atom is 0.342 e. The van der Waals surface area contributed by atoms with Crippen molar-refractivity contribution in [3.8, 4) is 5.75 Å². The van der Waals surface area contributed by atoms with Gasteiger partial charge in [-0.25, -0.2) is 4.79 Å². The van der Waals surface area contributed by atoms with Crippen LogP contribution in [0.1, 0.15) is 10.4 Å². The highest BCUT2D eigenvalue weighted by molar-refractivity contribution is 7.51. The van der Waals surface area contributed by atoms with Crippen LogP contribution in [-0.4, -0.2) is 58.3 Å². The van der Waals surface area contributed by atoms with Crippen molar-refractivity contribution in [3.05, 3.63) is 29.8 Å². The zero-order valence-corrected chi connectivity index (χ0v) is 12.0. The molecule has 19 heavy (non-hydrogen) atoms. The van der Waals surface area contributed by atoms with Crippen molar-refractivity contribution in [2.45, 2.75) is 0 Å². The molecule has 7 heteroatoms. The van der Waals surface area contributed by atoms with Crippen LogP contribution < -0.4 is 0 Å². The number of carbonyl (C=O) groups excluding carboxylic acids is 1. The minimum Gasteiger partial charge on any atom is -0.507 e. The van der Waals surface area contributed by atoms with Gasteiger partial charge in [0.1, 0.15) is 24.5 Å². The summed E-state index contributed by atoms with van der Waals surface area (Å²) in [6.07, 6.45) is 0. The summed E-state index contributed by atoms with van der Waals surface area (Å²) < 4.78 is 22.4. The van der Waals surface area contributed by atoms with Crippen LogP contribution >= 0.6 is 0 Å². The molecule has 0 atom stereocenters. The van der Waals surface area contributed by atoms with Crippen LogP contribution in [0.25, 0.3) is 0 Å². The maximum atomic E-state index is 11.6. The highest BCUT2D eigenvalue weighted by atomic mass is 32.1. The molecule has 1 aromatic rings. The molecule has 0 saturated carbocycles. The zero-order valence-electron chi connectivity index (χ0n) is 11.2. The van der Waals surface area contributed by atoms with Gasteiger partial charge in [-0.1, -0.05) is 12.1 Å². The van der Waals surface area contributed by atoms with Gasteiger partial charge in [-0.2, -0.15) is 8.42 Å². The summed E-state index contributed by atoms with van der Waals surface area (Å²) in [4.78, 5) is 11.6. The van der Waals surface area contributed by atoms with Crippen LogP contribution in [0, 0.1) is 0 Å². The number of likely N-dealkylation sites (N-methyl/N-ethyl adjacent to an activating group) is 1. The van der Waals surface area contributed by atoms with E-state index in [1.165, 1.54) is 6.07 Å². The average Bonchev–Trinajstić information content (AvgIpc) is 2.28. The molecule has 0 aliphatic heterocycles. The Balaban J connectivity index is 0.000000982. The van der Waals surface area contributed by atoms with E-state index >= 15 is 0 Å². The molecular formula is C12H18NO5S+. The lowest BCUT2D eigenvalue weighted by Gasteiger charge is -2.23. The van der Waals surface area contributed by atoms with Crippen LogP contribution in [-0.2, 0) is 16.3 Å². The van der Waals surface area contributed by atoms with Crippen molar-refractivity contribution in [2.24, 2.45) is 0 Å². The summed E-state index contributed by atoms with van der Waals surface area (Å²) in [6.45, 7) is 1.08. The monoisotopic (exact) mass is 288 g/mol. The molecule has 106 valence electrons. The van der Waals surface area contributed by atoms with Crippen molar-refractivity contribution >= 4 is 17.5 Å². The van der Waals surface area contributed by atoms with Gasteiger partial charge in [0.2, 0.25) is 0 Å². The predicted molar refractivity (Wildman–Crippen MR) is 70.2 cm³/mol. The molecule has 0 saturated heterocycles. The van der Waals surface area contributed by atoms with E-state index in [4.69, 9.17) is 13.2 Å². The molecule has 0 aliphatic carbocycles. The number of phenolic OH excluding ortho intramolecular Hbond substituents is 1. The van der Waals surface area contributed by atoms with E-state index in [9.17, 15) is 9.90 Å². The summed E-state index contributed by atoms with van der Waals surface area (Å²) in [5.41, 5.74) is 0.212. The summed E-state index contributed by atoms with van der Waals surface area (Å²) in [5, 5.41) is 9.44. The largest absolute Gasteiger partial charge is 0.507 e. The van der Waals surface area contributed by atoms with Gasteiger partial charge in [-0.3, -0.25) is 0 Å². The average molecular weight is 288 g/mol. The number of hydrogen-bond donors (Lipinski definition) is 1. The summed E-state index contributed by atoms with van der Waals surface area (Å²) in [6, 6.07) is 6.37. The van der Waals surface area contributed by atoms with E-state index < -0.39 is 17.5 Å². The maximum absolute atomic E-state index is 11.6. The Morgan fingerprint density at radius 2 is 1.79 bits per heavy atom. The molecule has 0 fully saturated rings. The van der Waals surface area contributed by atoms with Crippen LogP contribution in [0.5, 0.6) is 5.75 Å². The molecule has 0 bridgehead atoms. The fourth-order valence-corrected chi connectivity index (χ4v) is 1.14. The van der Waals surface area contributed by atoms with Crippen molar-refractivity contribution in [1.82, 2.24) is 0 Å². The van der Waals surface area contributed by atoms with Gasteiger partial charge in [-0.05, 0) is 12.1 Å². The van der Waals surface area contributed by atoms with Crippen LogP contribution in [0.2, 0.25) is 0 Å². The molecular weight excluding hydrogens is 270 g/mol. The molecule has 0 unspecified atom stereocenters. The van der Waals surface area contributed by atoms with E-state index in [1.807, 2.05) is 21.1 Å². The third-order valence-corrected chi connectivity index (χ3v) is 2.12. The lowest BCUT2D eigenvalue weighted by atomic mass is 10.2. The van der Waals surface area contributed by atoms with Crippen molar-refractivity contribution in [3.63, 3.8) is 0 Å². The first-order chi connectivity index (χ1) is 8.81. The van der Waals surface area contributed by atoms with Gasteiger partial charge in [0.05, 0.1) is 21.1 Å². The third kappa shape index (κ3) is 8.06. The Kier molecular flexibility index (Phi) is 7.62. The van der Waals surface area contributed by atoms with E-state index in [1.54, 1.807) is 18.2 Å². The molecule has 0 radical (unpaired) electrons. The Hall–Kier alpha value is -1.73. The minimum absolute atomic E-state index is 0.0438. The first-order valence-corrected chi connectivity index (χ1v) is 6.16. The Morgan fingerprint density at radius 3 is 2.26 bits per heavy atom. The molecule has 0 spiro atoms. The van der Waals surface area contributed by atoms with E-state index in [0.29, 0.717) is 6.61 Å². The second-order valence-corrected chi connectivity index (χ2v) is 4.87. The predicted octanol–water partition coefficient (Wildman–Crippen LogP) is 0.585. The molecule has 0 heterocycles. The molecule has 6 nitrogen and oxygen atoms in total. The van der Waals surface area contributed by atoms with E-state index in [2.05, 4.69) is 0 Å². The number of nitrogens with zero attached hydrogens (tertiary/aromatic N) is 1. The number of esters is 1. The van der Waals surface area contributed by atoms with E-state index in [-0.39, 0.29) is 11.3 Å². The lowest BCUT2D eigenvalue weighted by Crippen LogP contribution is -2.38. The van der Waals surface area contributed by atoms with Gasteiger partial charge in [0.15, 0.2) is 0 Å². The topological polar surface area (TPSA) is 80.7 Å². The van der Waals surface area contributed by atoms with Crippen molar-refractivity contribution in [1.29, 1.82) is 0 Å². The number of quaternary nitrogens is 1. The molecule has 1 rings (SSSR count). The van der Waals surface area contributed by atoms with Crippen LogP contribution in [0.4, 0.5) is 0 Å². The molecule has 0 aromatic heterocycles. The first-order valence-electron chi connectivity index (χ1n) is 5.49. The zero-order chi connectivity index (χ0) is 14.9. The molecule has 0 aliphatic rings. The molecule has 0 amide bonds. The minimum atomic E-state index is -0.750. The summed E-state index contributed by atoms with van der Waals surface area (Å²) in [7, 11) is 6.06. The number of para-hydroxylation sites is 1. The molecule has 1 N–H and O–H groups in total. The van der Waals surface area contributed by atoms with Gasteiger partial charge in [-0.15, -0.1) is 0 Å². The third-order valence-electron chi connectivity index (χ3n) is 2.12. The lowest BCUT2D eigenvalue weighted by molar-refractivity contribution is -0.870. The number of carbonyl (C=O) groups is 1. The molecule has 1 aromatic carbocycles. The summed E-state index contributed by atoms with van der Waals surface area (Å²) in [5.74, 6) is -0.524. The highest BCUT2D eigenvalue weighted by Crippen LogP contribution is 2.16. The van der Waals surface area contributed by atoms with Gasteiger partial charge >= 0.3 is 17.5 Å². The Morgan fingerprint density at radius 1 is 1.26 bits per heavy atom. The SMILES string of the molecule is C[N+](C)(C)CCOC(=O)c1ccccc1O.O=S=O.